The van der Waals surface area contributed by atoms with E-state index in [9.17, 15) is 0 Å². The van der Waals surface area contributed by atoms with E-state index in [0.717, 1.165) is 31.9 Å². The molecule has 5 N–H and O–H groups in total. The van der Waals surface area contributed by atoms with Crippen LogP contribution in [-0.4, -0.2) is 36.3 Å². The summed E-state index contributed by atoms with van der Waals surface area (Å²) < 4.78 is 5.38. The van der Waals surface area contributed by atoms with Crippen LogP contribution in [0.25, 0.3) is 0 Å². The summed E-state index contributed by atoms with van der Waals surface area (Å²) in [5.74, 6) is 6.83. The average molecular weight is 224 g/mol. The number of hydrogen-bond acceptors (Lipinski definition) is 7. The van der Waals surface area contributed by atoms with Crippen molar-refractivity contribution in [1.29, 1.82) is 0 Å². The molecule has 2 rings (SSSR count). The summed E-state index contributed by atoms with van der Waals surface area (Å²) >= 11 is 0. The molecule has 2 heterocycles. The van der Waals surface area contributed by atoms with Crippen LogP contribution in [0.4, 0.5) is 17.6 Å². The van der Waals surface area contributed by atoms with Crippen LogP contribution in [-0.2, 0) is 4.74 Å². The van der Waals surface area contributed by atoms with E-state index in [-0.39, 0.29) is 5.95 Å². The van der Waals surface area contributed by atoms with E-state index in [1.54, 1.807) is 6.07 Å². The van der Waals surface area contributed by atoms with Gasteiger partial charge in [-0.2, -0.15) is 9.97 Å². The number of nitrogens with two attached hydrogens (primary N) is 2. The number of nitrogens with zero attached hydrogens (tertiary/aromatic N) is 3. The fourth-order valence-corrected chi connectivity index (χ4v) is 1.66. The van der Waals surface area contributed by atoms with E-state index in [2.05, 4.69) is 20.3 Å². The molecule has 0 aliphatic carbocycles. The lowest BCUT2D eigenvalue weighted by Gasteiger charge is -2.21. The monoisotopic (exact) mass is 224 g/mol. The summed E-state index contributed by atoms with van der Waals surface area (Å²) in [5.41, 5.74) is 8.08. The topological polar surface area (TPSA) is 102 Å². The van der Waals surface area contributed by atoms with Crippen LogP contribution in [0.15, 0.2) is 6.07 Å². The van der Waals surface area contributed by atoms with E-state index < -0.39 is 0 Å². The van der Waals surface area contributed by atoms with Crippen LogP contribution >= 0.6 is 0 Å². The third-order valence-corrected chi connectivity index (χ3v) is 2.42. The summed E-state index contributed by atoms with van der Waals surface area (Å²) in [6.45, 7) is 3.20. The predicted molar refractivity (Wildman–Crippen MR) is 61.9 cm³/mol. The van der Waals surface area contributed by atoms with E-state index in [1.807, 2.05) is 0 Å². The van der Waals surface area contributed by atoms with Crippen LogP contribution in [0.2, 0.25) is 0 Å². The molecule has 1 aliphatic heterocycles. The van der Waals surface area contributed by atoms with Gasteiger partial charge < -0.3 is 20.8 Å². The number of ether oxygens (including phenoxy) is 1. The second-order valence-corrected chi connectivity index (χ2v) is 3.57. The Balaban J connectivity index is 2.20. The first kappa shape index (κ1) is 10.9. The molecule has 1 aromatic heterocycles. The van der Waals surface area contributed by atoms with E-state index in [1.165, 1.54) is 0 Å². The molecule has 0 aromatic carbocycles. The van der Waals surface area contributed by atoms with Crippen LogP contribution < -0.4 is 21.9 Å². The Bertz CT molecular complexity index is 350. The lowest BCUT2D eigenvalue weighted by atomic mass is 10.4. The zero-order valence-electron chi connectivity index (χ0n) is 9.02. The smallest absolute Gasteiger partial charge is 0.223 e. The number of nitrogen functional groups attached to an aromatic ring is 2. The minimum atomic E-state index is 0.218. The highest BCUT2D eigenvalue weighted by Gasteiger charge is 2.12. The number of rotatable bonds is 2. The van der Waals surface area contributed by atoms with Gasteiger partial charge in [-0.05, 0) is 6.42 Å². The van der Waals surface area contributed by atoms with E-state index >= 15 is 0 Å². The SMILES string of the molecule is NNc1cc(N2CCCOCC2)nc(N)n1. The number of anilines is 3. The molecular weight excluding hydrogens is 208 g/mol. The summed E-state index contributed by atoms with van der Waals surface area (Å²) in [5, 5.41) is 0. The molecule has 0 amide bonds. The van der Waals surface area contributed by atoms with Gasteiger partial charge >= 0.3 is 0 Å². The van der Waals surface area contributed by atoms with Crippen LogP contribution in [0, 0.1) is 0 Å². The Morgan fingerprint density at radius 3 is 3.00 bits per heavy atom. The maximum Gasteiger partial charge on any atom is 0.223 e. The highest BCUT2D eigenvalue weighted by atomic mass is 16.5. The van der Waals surface area contributed by atoms with Crippen LogP contribution in [0.5, 0.6) is 0 Å². The van der Waals surface area contributed by atoms with Gasteiger partial charge in [-0.1, -0.05) is 0 Å². The molecule has 1 aromatic rings. The molecule has 16 heavy (non-hydrogen) atoms. The molecule has 1 saturated heterocycles. The van der Waals surface area contributed by atoms with Gasteiger partial charge in [-0.15, -0.1) is 0 Å². The van der Waals surface area contributed by atoms with Crippen molar-refractivity contribution in [3.05, 3.63) is 6.07 Å². The predicted octanol–water partition coefficient (Wildman–Crippen LogP) is -0.429. The third-order valence-electron chi connectivity index (χ3n) is 2.42. The van der Waals surface area contributed by atoms with Crippen molar-refractivity contribution in [3.8, 4) is 0 Å². The lowest BCUT2D eigenvalue weighted by molar-refractivity contribution is 0.152. The Morgan fingerprint density at radius 2 is 2.19 bits per heavy atom. The van der Waals surface area contributed by atoms with Crippen molar-refractivity contribution in [1.82, 2.24) is 9.97 Å². The third kappa shape index (κ3) is 2.50. The van der Waals surface area contributed by atoms with Gasteiger partial charge in [0.15, 0.2) is 0 Å². The molecule has 0 bridgehead atoms. The fraction of sp³-hybridized carbons (Fsp3) is 0.556. The highest BCUT2D eigenvalue weighted by molar-refractivity contribution is 5.52. The zero-order valence-corrected chi connectivity index (χ0v) is 9.02. The van der Waals surface area contributed by atoms with Crippen molar-refractivity contribution in [2.24, 2.45) is 5.84 Å². The molecule has 1 aliphatic rings. The fourth-order valence-electron chi connectivity index (χ4n) is 1.66. The first-order valence-corrected chi connectivity index (χ1v) is 5.23. The van der Waals surface area contributed by atoms with Gasteiger partial charge in [0.2, 0.25) is 5.95 Å². The number of hydrogen-bond donors (Lipinski definition) is 3. The van der Waals surface area contributed by atoms with Crippen molar-refractivity contribution in [2.75, 3.05) is 42.4 Å². The zero-order chi connectivity index (χ0) is 11.4. The lowest BCUT2D eigenvalue weighted by Crippen LogP contribution is -2.27. The van der Waals surface area contributed by atoms with Crippen molar-refractivity contribution in [2.45, 2.75) is 6.42 Å². The number of aromatic nitrogens is 2. The molecule has 7 heteroatoms. The quantitative estimate of drug-likeness (QED) is 0.462. The van der Waals surface area contributed by atoms with Gasteiger partial charge in [-0.25, -0.2) is 5.84 Å². The molecule has 0 unspecified atom stereocenters. The molecule has 1 fully saturated rings. The first-order chi connectivity index (χ1) is 7.79. The van der Waals surface area contributed by atoms with Crippen molar-refractivity contribution in [3.63, 3.8) is 0 Å². The molecule has 0 spiro atoms. The average Bonchev–Trinajstić information content (AvgIpc) is 2.56. The van der Waals surface area contributed by atoms with Crippen LogP contribution in [0.3, 0.4) is 0 Å². The minimum Gasteiger partial charge on any atom is -0.380 e. The number of nitrogens with one attached hydrogen (secondary N) is 1. The minimum absolute atomic E-state index is 0.218. The van der Waals surface area contributed by atoms with Crippen molar-refractivity contribution >= 4 is 17.6 Å². The summed E-state index contributed by atoms with van der Waals surface area (Å²) in [6, 6.07) is 1.78. The largest absolute Gasteiger partial charge is 0.380 e. The second kappa shape index (κ2) is 4.95. The molecule has 7 nitrogen and oxygen atoms in total. The second-order valence-electron chi connectivity index (χ2n) is 3.57. The van der Waals surface area contributed by atoms with Gasteiger partial charge in [0.1, 0.15) is 11.6 Å². The Labute approximate surface area is 93.8 Å². The molecule has 0 atom stereocenters. The maximum atomic E-state index is 5.61. The van der Waals surface area contributed by atoms with E-state index in [4.69, 9.17) is 16.3 Å². The van der Waals surface area contributed by atoms with Gasteiger partial charge in [0.05, 0.1) is 6.61 Å². The standard InChI is InChI=1S/C9H16N6O/c10-9-12-7(14-11)6-8(13-9)15-2-1-4-16-5-3-15/h6H,1-5,11H2,(H3,10,12,13,14). The molecule has 0 radical (unpaired) electrons. The molecule has 88 valence electrons. The van der Waals surface area contributed by atoms with Gasteiger partial charge in [0.25, 0.3) is 0 Å². The van der Waals surface area contributed by atoms with E-state index in [0.29, 0.717) is 12.4 Å². The Hall–Kier alpha value is -1.60. The Morgan fingerprint density at radius 1 is 1.31 bits per heavy atom. The van der Waals surface area contributed by atoms with Gasteiger partial charge in [-0.3, -0.25) is 0 Å². The summed E-state index contributed by atoms with van der Waals surface area (Å²) in [4.78, 5) is 10.2. The summed E-state index contributed by atoms with van der Waals surface area (Å²) in [6.07, 6.45) is 0.981. The molecular formula is C9H16N6O. The maximum absolute atomic E-state index is 5.61. The van der Waals surface area contributed by atoms with Crippen molar-refractivity contribution < 1.29 is 4.74 Å². The number of hydrazine groups is 1. The van der Waals surface area contributed by atoms with Crippen LogP contribution in [0.1, 0.15) is 6.42 Å². The normalized spacial score (nSPS) is 16.9. The van der Waals surface area contributed by atoms with Gasteiger partial charge in [0, 0.05) is 25.8 Å². The highest BCUT2D eigenvalue weighted by Crippen LogP contribution is 2.17. The first-order valence-electron chi connectivity index (χ1n) is 5.23. The molecule has 0 saturated carbocycles. The Kier molecular flexibility index (Phi) is 3.37. The summed E-state index contributed by atoms with van der Waals surface area (Å²) in [7, 11) is 0.